The van der Waals surface area contributed by atoms with E-state index >= 15 is 0 Å². The molecule has 0 aliphatic heterocycles. The lowest BCUT2D eigenvalue weighted by Gasteiger charge is -2.12. The van der Waals surface area contributed by atoms with Crippen LogP contribution in [0.5, 0.6) is 17.2 Å². The summed E-state index contributed by atoms with van der Waals surface area (Å²) in [5.41, 5.74) is 1.08. The Kier molecular flexibility index (Phi) is 12.1. The summed E-state index contributed by atoms with van der Waals surface area (Å²) in [6.45, 7) is 3.59. The maximum absolute atomic E-state index is 12.9. The molecule has 0 atom stereocenters. The van der Waals surface area contributed by atoms with E-state index in [9.17, 15) is 14.4 Å². The van der Waals surface area contributed by atoms with Gasteiger partial charge in [0, 0.05) is 12.0 Å². The minimum atomic E-state index is -0.723. The fraction of sp³-hybridized carbons (Fsp3) is 0.156. The molecule has 3 aromatic carbocycles. The molecule has 3 rings (SSSR count). The monoisotopic (exact) mass is 554 g/mol. The second-order valence-electron chi connectivity index (χ2n) is 8.09. The molecule has 0 aliphatic rings. The van der Waals surface area contributed by atoms with Crippen LogP contribution in [0.25, 0.3) is 0 Å². The minimum absolute atomic E-state index is 0.0164. The third-order valence-corrected chi connectivity index (χ3v) is 5.16. The Morgan fingerprint density at radius 2 is 1.56 bits per heavy atom. The Hall–Kier alpha value is -5.51. The molecular weight excluding hydrogens is 528 g/mol. The molecule has 0 radical (unpaired) electrons. The van der Waals surface area contributed by atoms with Crippen molar-refractivity contribution in [3.8, 4) is 41.6 Å². The number of benzene rings is 3. The molecule has 41 heavy (non-hydrogen) atoms. The van der Waals surface area contributed by atoms with Crippen LogP contribution in [-0.4, -0.2) is 31.1 Å². The van der Waals surface area contributed by atoms with Gasteiger partial charge in [-0.15, -0.1) is 6.42 Å². The molecule has 0 unspecified atom stereocenters. The molecule has 0 saturated carbocycles. The first-order valence-corrected chi connectivity index (χ1v) is 12.4. The highest BCUT2D eigenvalue weighted by Gasteiger charge is 2.19. The third kappa shape index (κ3) is 10.3. The summed E-state index contributed by atoms with van der Waals surface area (Å²) in [5.74, 6) is 3.33. The van der Waals surface area contributed by atoms with E-state index in [1.807, 2.05) is 0 Å². The minimum Gasteiger partial charge on any atom is -0.463 e. The van der Waals surface area contributed by atoms with E-state index in [-0.39, 0.29) is 36.9 Å². The van der Waals surface area contributed by atoms with Crippen molar-refractivity contribution < 1.29 is 43.1 Å². The van der Waals surface area contributed by atoms with E-state index in [1.54, 1.807) is 54.6 Å². The van der Waals surface area contributed by atoms with E-state index in [0.717, 1.165) is 11.6 Å². The molecule has 0 amide bonds. The highest BCUT2D eigenvalue weighted by molar-refractivity contribution is 5.94. The molecule has 0 N–H and O–H groups in total. The van der Waals surface area contributed by atoms with Gasteiger partial charge >= 0.3 is 17.9 Å². The average molecular weight is 555 g/mol. The normalized spacial score (nSPS) is 9.73. The van der Waals surface area contributed by atoms with Crippen LogP contribution in [0, 0.1) is 24.4 Å². The van der Waals surface area contributed by atoms with Crippen LogP contribution in [0.3, 0.4) is 0 Å². The van der Waals surface area contributed by atoms with Gasteiger partial charge in [0.05, 0.1) is 18.8 Å². The van der Waals surface area contributed by atoms with Gasteiger partial charge in [0.15, 0.2) is 5.75 Å². The fourth-order valence-electron chi connectivity index (χ4n) is 3.15. The molecule has 0 fully saturated rings. The van der Waals surface area contributed by atoms with Gasteiger partial charge in [0.25, 0.3) is 0 Å². The molecule has 0 bridgehead atoms. The molecular formula is C32H26O9. The SMILES string of the molecule is C#CC#COc1ccc(COOc2ccc(OC(=O)c3ccccc3)cc2C(=O)OCCCCOC(=O)C=C)cc1. The van der Waals surface area contributed by atoms with Gasteiger partial charge in [-0.05, 0) is 66.8 Å². The molecule has 0 saturated heterocycles. The number of esters is 3. The van der Waals surface area contributed by atoms with Crippen molar-refractivity contribution in [2.45, 2.75) is 19.4 Å². The summed E-state index contributed by atoms with van der Waals surface area (Å²) in [5, 5.41) is 0. The summed E-state index contributed by atoms with van der Waals surface area (Å²) < 4.78 is 20.8. The van der Waals surface area contributed by atoms with Crippen LogP contribution in [0.4, 0.5) is 0 Å². The van der Waals surface area contributed by atoms with Crippen molar-refractivity contribution in [2.75, 3.05) is 13.2 Å². The van der Waals surface area contributed by atoms with Crippen molar-refractivity contribution in [1.29, 1.82) is 0 Å². The van der Waals surface area contributed by atoms with Crippen LogP contribution in [0.2, 0.25) is 0 Å². The molecule has 9 nitrogen and oxygen atoms in total. The zero-order valence-corrected chi connectivity index (χ0v) is 22.0. The number of hydrogen-bond acceptors (Lipinski definition) is 9. The largest absolute Gasteiger partial charge is 0.463 e. The quantitative estimate of drug-likeness (QED) is 0.0514. The standard InChI is InChI=1S/C32H26O9/c1-3-5-19-36-26-15-13-24(14-16-26)23-39-41-29-18-17-27(40-31(34)25-11-7-6-8-12-25)22-28(29)32(35)38-21-10-9-20-37-30(33)4-2/h1,4,6-8,11-18,22H,2,9-10,20-21,23H2. The predicted octanol–water partition coefficient (Wildman–Crippen LogP) is 5.06. The van der Waals surface area contributed by atoms with Crippen LogP contribution < -0.4 is 14.4 Å². The van der Waals surface area contributed by atoms with Crippen molar-refractivity contribution >= 4 is 17.9 Å². The van der Waals surface area contributed by atoms with Gasteiger partial charge in [-0.3, -0.25) is 0 Å². The first kappa shape index (κ1) is 30.0. The number of rotatable bonds is 14. The van der Waals surface area contributed by atoms with Gasteiger partial charge < -0.3 is 23.8 Å². The van der Waals surface area contributed by atoms with Crippen molar-refractivity contribution in [3.05, 3.63) is 102 Å². The zero-order valence-electron chi connectivity index (χ0n) is 22.0. The Labute approximate surface area is 237 Å². The molecule has 9 heteroatoms. The lowest BCUT2D eigenvalue weighted by Crippen LogP contribution is -2.12. The van der Waals surface area contributed by atoms with E-state index in [4.69, 9.17) is 35.1 Å². The molecule has 0 spiro atoms. The number of carbonyl (C=O) groups is 3. The summed E-state index contributed by atoms with van der Waals surface area (Å²) in [7, 11) is 0. The Morgan fingerprint density at radius 1 is 0.854 bits per heavy atom. The zero-order chi connectivity index (χ0) is 29.3. The molecule has 0 aliphatic carbocycles. The summed E-state index contributed by atoms with van der Waals surface area (Å²) in [6.07, 6.45) is 9.42. The molecule has 0 heterocycles. The van der Waals surface area contributed by atoms with E-state index < -0.39 is 17.9 Å². The van der Waals surface area contributed by atoms with Crippen LogP contribution in [0.15, 0.2) is 85.5 Å². The Morgan fingerprint density at radius 3 is 2.27 bits per heavy atom. The van der Waals surface area contributed by atoms with Gasteiger partial charge in [0.2, 0.25) is 0 Å². The van der Waals surface area contributed by atoms with Crippen LogP contribution in [-0.2, 0) is 25.8 Å². The second kappa shape index (κ2) is 16.5. The van der Waals surface area contributed by atoms with Gasteiger partial charge in [0.1, 0.15) is 29.8 Å². The van der Waals surface area contributed by atoms with Gasteiger partial charge in [-0.1, -0.05) is 36.9 Å². The number of unbranched alkanes of at least 4 members (excludes halogenated alkanes) is 1. The first-order chi connectivity index (χ1) is 20.0. The number of carbonyl (C=O) groups excluding carboxylic acids is 3. The number of terminal acetylenes is 1. The second-order valence-corrected chi connectivity index (χ2v) is 8.09. The topological polar surface area (TPSA) is 107 Å². The highest BCUT2D eigenvalue weighted by atomic mass is 17.2. The highest BCUT2D eigenvalue weighted by Crippen LogP contribution is 2.27. The summed E-state index contributed by atoms with van der Waals surface area (Å²) >= 11 is 0. The van der Waals surface area contributed by atoms with Crippen LogP contribution >= 0.6 is 0 Å². The van der Waals surface area contributed by atoms with Crippen molar-refractivity contribution in [3.63, 3.8) is 0 Å². The Balaban J connectivity index is 1.64. The van der Waals surface area contributed by atoms with Crippen LogP contribution in [0.1, 0.15) is 39.1 Å². The molecule has 3 aromatic rings. The summed E-state index contributed by atoms with van der Waals surface area (Å²) in [6, 6.07) is 19.5. The predicted molar refractivity (Wildman–Crippen MR) is 148 cm³/mol. The lowest BCUT2D eigenvalue weighted by atomic mass is 10.2. The van der Waals surface area contributed by atoms with Crippen molar-refractivity contribution in [2.24, 2.45) is 0 Å². The first-order valence-electron chi connectivity index (χ1n) is 12.4. The van der Waals surface area contributed by atoms with Gasteiger partial charge in [-0.25, -0.2) is 14.4 Å². The van der Waals surface area contributed by atoms with E-state index in [0.29, 0.717) is 24.2 Å². The average Bonchev–Trinajstić information content (AvgIpc) is 3.00. The maximum atomic E-state index is 12.9. The number of hydrogen-bond donors (Lipinski definition) is 0. The number of ether oxygens (including phenoxy) is 4. The molecule has 208 valence electrons. The Bertz CT molecular complexity index is 1440. The maximum Gasteiger partial charge on any atom is 0.343 e. The molecule has 0 aromatic heterocycles. The van der Waals surface area contributed by atoms with Gasteiger partial charge in [-0.2, -0.15) is 4.89 Å². The van der Waals surface area contributed by atoms with Crippen molar-refractivity contribution in [1.82, 2.24) is 0 Å². The fourth-order valence-corrected chi connectivity index (χ4v) is 3.15. The smallest absolute Gasteiger partial charge is 0.343 e. The third-order valence-electron chi connectivity index (χ3n) is 5.16. The lowest BCUT2D eigenvalue weighted by molar-refractivity contribution is -0.217. The van der Waals surface area contributed by atoms with E-state index in [1.165, 1.54) is 18.2 Å². The summed E-state index contributed by atoms with van der Waals surface area (Å²) in [4.78, 5) is 47.3. The van der Waals surface area contributed by atoms with E-state index in [2.05, 4.69) is 24.5 Å².